The van der Waals surface area contributed by atoms with Gasteiger partial charge in [0.15, 0.2) is 18.0 Å². The zero-order valence-corrected chi connectivity index (χ0v) is 18.1. The Morgan fingerprint density at radius 3 is 2.18 bits per heavy atom. The van der Waals surface area contributed by atoms with E-state index in [0.29, 0.717) is 0 Å². The molecule has 0 radical (unpaired) electrons. The Hall–Kier alpha value is -3.74. The fourth-order valence-electron chi connectivity index (χ4n) is 3.37. The highest BCUT2D eigenvalue weighted by Gasteiger charge is 2.52. The zero-order valence-electron chi connectivity index (χ0n) is 18.1. The summed E-state index contributed by atoms with van der Waals surface area (Å²) < 4.78 is 27.1. The smallest absolute Gasteiger partial charge is 0.311 e. The largest absolute Gasteiger partial charge is 0.463 e. The van der Waals surface area contributed by atoms with Crippen LogP contribution in [0.5, 0.6) is 5.75 Å². The first kappa shape index (κ1) is 25.5. The lowest BCUT2D eigenvalue weighted by atomic mass is 9.87. The summed E-state index contributed by atoms with van der Waals surface area (Å²) in [6, 6.07) is 5.41. The number of para-hydroxylation sites is 2. The number of hydrogen-bond acceptors (Lipinski definition) is 11. The van der Waals surface area contributed by atoms with Crippen LogP contribution in [0.15, 0.2) is 24.3 Å². The van der Waals surface area contributed by atoms with Crippen LogP contribution >= 0.6 is 0 Å². The number of hydrogen-bond donors (Lipinski definition) is 1. The van der Waals surface area contributed by atoms with E-state index in [1.807, 2.05) is 0 Å². The van der Waals surface area contributed by atoms with Gasteiger partial charge in [-0.3, -0.25) is 29.3 Å². The van der Waals surface area contributed by atoms with Gasteiger partial charge in [-0.25, -0.2) is 0 Å². The van der Waals surface area contributed by atoms with E-state index in [4.69, 9.17) is 29.4 Å². The van der Waals surface area contributed by atoms with Gasteiger partial charge in [-0.15, -0.1) is 0 Å². The van der Waals surface area contributed by atoms with Gasteiger partial charge in [-0.2, -0.15) is 0 Å². The van der Waals surface area contributed by atoms with Crippen molar-refractivity contribution in [2.45, 2.75) is 51.8 Å². The van der Waals surface area contributed by atoms with Crippen LogP contribution in [-0.2, 0) is 38.1 Å². The van der Waals surface area contributed by atoms with E-state index in [1.165, 1.54) is 24.3 Å². The maximum Gasteiger partial charge on any atom is 0.311 e. The molecule has 0 bridgehead atoms. The zero-order chi connectivity index (χ0) is 24.7. The average molecular weight is 468 g/mol. The number of amides is 1. The summed E-state index contributed by atoms with van der Waals surface area (Å²) in [4.78, 5) is 57.4. The normalized spacial score (nSPS) is 24.3. The number of carbonyl (C=O) groups excluding carboxylic acids is 4. The van der Waals surface area contributed by atoms with Gasteiger partial charge in [0.25, 0.3) is 0 Å². The van der Waals surface area contributed by atoms with E-state index in [0.717, 1.165) is 20.8 Å². The molecule has 2 rings (SSSR count). The standard InChI is InChI=1S/C20H24N2O11/c1-10(23)29-9-16-19(31-12(3)25)18(30-11(2)24)13(8-17(21)26)20(33-16)32-15-7-5-4-6-14(15)22(27)28/h4-7,13,16,18-20H,8-9H2,1-3H3,(H2,21,26)/t13?,16?,18-,19+,20+/m0/s1. The van der Waals surface area contributed by atoms with E-state index < -0.39 is 72.3 Å². The monoisotopic (exact) mass is 468 g/mol. The highest BCUT2D eigenvalue weighted by Crippen LogP contribution is 2.36. The fraction of sp³-hybridized carbons (Fsp3) is 0.500. The summed E-state index contributed by atoms with van der Waals surface area (Å²) in [5.74, 6) is -4.34. The number of carbonyl (C=O) groups is 4. The molecule has 1 fully saturated rings. The van der Waals surface area contributed by atoms with Crippen LogP contribution in [0.25, 0.3) is 0 Å². The third kappa shape index (κ3) is 7.14. The van der Waals surface area contributed by atoms with Gasteiger partial charge in [0, 0.05) is 33.3 Å². The van der Waals surface area contributed by atoms with Crippen molar-refractivity contribution < 1.29 is 47.8 Å². The second-order valence-corrected chi connectivity index (χ2v) is 7.17. The Labute approximate surface area is 188 Å². The van der Waals surface area contributed by atoms with E-state index in [9.17, 15) is 29.3 Å². The molecule has 0 aromatic heterocycles. The topological polar surface area (TPSA) is 184 Å². The highest BCUT2D eigenvalue weighted by atomic mass is 16.7. The molecular formula is C20H24N2O11. The maximum atomic E-state index is 11.8. The number of nitrogens with two attached hydrogens (primary N) is 1. The second-order valence-electron chi connectivity index (χ2n) is 7.17. The second kappa shape index (κ2) is 11.2. The molecule has 0 saturated carbocycles. The Morgan fingerprint density at radius 1 is 1.03 bits per heavy atom. The molecule has 0 aliphatic carbocycles. The van der Waals surface area contributed by atoms with Crippen LogP contribution < -0.4 is 10.5 Å². The maximum absolute atomic E-state index is 11.8. The Bertz CT molecular complexity index is 919. The van der Waals surface area contributed by atoms with Crippen LogP contribution in [0.2, 0.25) is 0 Å². The number of nitro groups is 1. The minimum absolute atomic E-state index is 0.194. The Morgan fingerprint density at radius 2 is 1.64 bits per heavy atom. The van der Waals surface area contributed by atoms with Crippen LogP contribution in [0, 0.1) is 16.0 Å². The predicted molar refractivity (Wildman–Crippen MR) is 107 cm³/mol. The quantitative estimate of drug-likeness (QED) is 0.232. The molecule has 1 aromatic rings. The van der Waals surface area contributed by atoms with Crippen molar-refractivity contribution in [3.8, 4) is 5.75 Å². The first-order chi connectivity index (χ1) is 15.5. The van der Waals surface area contributed by atoms with Gasteiger partial charge in [-0.1, -0.05) is 12.1 Å². The first-order valence-electron chi connectivity index (χ1n) is 9.81. The number of ether oxygens (including phenoxy) is 5. The molecule has 13 nitrogen and oxygen atoms in total. The molecule has 1 heterocycles. The fourth-order valence-corrected chi connectivity index (χ4v) is 3.37. The van der Waals surface area contributed by atoms with Gasteiger partial charge in [0.1, 0.15) is 12.7 Å². The minimum atomic E-state index is -1.42. The van der Waals surface area contributed by atoms with Crippen molar-refractivity contribution in [1.29, 1.82) is 0 Å². The Kier molecular flexibility index (Phi) is 8.68. The number of primary amides is 1. The molecule has 2 N–H and O–H groups in total. The third-order valence-corrected chi connectivity index (χ3v) is 4.57. The third-order valence-electron chi connectivity index (χ3n) is 4.57. The lowest BCUT2D eigenvalue weighted by Crippen LogP contribution is -2.60. The van der Waals surface area contributed by atoms with Crippen LogP contribution in [0.1, 0.15) is 27.2 Å². The molecule has 1 saturated heterocycles. The van der Waals surface area contributed by atoms with Crippen LogP contribution in [0.3, 0.4) is 0 Å². The minimum Gasteiger partial charge on any atom is -0.463 e. The van der Waals surface area contributed by atoms with Gasteiger partial charge in [0.05, 0.1) is 10.8 Å². The van der Waals surface area contributed by atoms with Crippen molar-refractivity contribution >= 4 is 29.5 Å². The number of nitro benzene ring substituents is 1. The lowest BCUT2D eigenvalue weighted by molar-refractivity contribution is -0.387. The van der Waals surface area contributed by atoms with Gasteiger partial charge < -0.3 is 29.4 Å². The van der Waals surface area contributed by atoms with E-state index >= 15 is 0 Å². The average Bonchev–Trinajstić information content (AvgIpc) is 2.70. The summed E-state index contributed by atoms with van der Waals surface area (Å²) in [7, 11) is 0. The molecule has 1 aromatic carbocycles. The van der Waals surface area contributed by atoms with Crippen molar-refractivity contribution in [2.75, 3.05) is 6.61 Å². The lowest BCUT2D eigenvalue weighted by Gasteiger charge is -2.44. The van der Waals surface area contributed by atoms with Crippen molar-refractivity contribution in [1.82, 2.24) is 0 Å². The van der Waals surface area contributed by atoms with E-state index in [-0.39, 0.29) is 11.4 Å². The molecule has 0 spiro atoms. The molecule has 2 unspecified atom stereocenters. The molecule has 180 valence electrons. The number of nitrogens with zero attached hydrogens (tertiary/aromatic N) is 1. The van der Waals surface area contributed by atoms with E-state index in [2.05, 4.69) is 0 Å². The molecule has 13 heteroatoms. The molecule has 5 atom stereocenters. The molecular weight excluding hydrogens is 444 g/mol. The molecule has 33 heavy (non-hydrogen) atoms. The van der Waals surface area contributed by atoms with Gasteiger partial charge >= 0.3 is 23.6 Å². The highest BCUT2D eigenvalue weighted by molar-refractivity contribution is 5.74. The van der Waals surface area contributed by atoms with Crippen LogP contribution in [0.4, 0.5) is 5.69 Å². The Balaban J connectivity index is 2.51. The van der Waals surface area contributed by atoms with E-state index in [1.54, 1.807) is 0 Å². The van der Waals surface area contributed by atoms with Crippen LogP contribution in [-0.4, -0.2) is 59.9 Å². The molecule has 1 aliphatic heterocycles. The summed E-state index contributed by atoms with van der Waals surface area (Å²) in [5, 5.41) is 11.4. The number of esters is 3. The first-order valence-corrected chi connectivity index (χ1v) is 9.81. The summed E-state index contributed by atoms with van der Waals surface area (Å²) >= 11 is 0. The predicted octanol–water partition coefficient (Wildman–Crippen LogP) is 0.617. The number of rotatable bonds is 9. The number of benzene rings is 1. The van der Waals surface area contributed by atoms with Gasteiger partial charge in [-0.05, 0) is 6.07 Å². The molecule has 1 amide bonds. The van der Waals surface area contributed by atoms with Crippen molar-refractivity contribution in [3.63, 3.8) is 0 Å². The van der Waals surface area contributed by atoms with Crippen molar-refractivity contribution in [2.24, 2.45) is 11.7 Å². The SMILES string of the molecule is CC(=O)OCC1O[C@@H](Oc2ccccc2[N+](=O)[O-])C(CC(N)=O)[C@H](OC(C)=O)[C@@H]1OC(C)=O. The summed E-state index contributed by atoms with van der Waals surface area (Å²) in [6.45, 7) is 2.92. The van der Waals surface area contributed by atoms with Crippen molar-refractivity contribution in [3.05, 3.63) is 34.4 Å². The summed E-state index contributed by atoms with van der Waals surface area (Å²) in [6.07, 6.45) is -5.66. The van der Waals surface area contributed by atoms with Gasteiger partial charge in [0.2, 0.25) is 12.2 Å². The molecule has 1 aliphatic rings. The summed E-state index contributed by atoms with van der Waals surface area (Å²) in [5.41, 5.74) is 4.97.